The summed E-state index contributed by atoms with van der Waals surface area (Å²) in [5.41, 5.74) is 5.12. The van der Waals surface area contributed by atoms with Crippen LogP contribution < -0.4 is 10.6 Å². The summed E-state index contributed by atoms with van der Waals surface area (Å²) < 4.78 is 2.16. The molecule has 0 radical (unpaired) electrons. The minimum absolute atomic E-state index is 0.109. The van der Waals surface area contributed by atoms with Gasteiger partial charge < -0.3 is 20.1 Å². The lowest BCUT2D eigenvalue weighted by Crippen LogP contribution is -2.37. The third-order valence-electron chi connectivity index (χ3n) is 5.70. The average molecular weight is 420 g/mol. The van der Waals surface area contributed by atoms with Gasteiger partial charge in [0.1, 0.15) is 6.54 Å². The predicted molar refractivity (Wildman–Crippen MR) is 122 cm³/mol. The molecule has 2 atom stereocenters. The molecule has 3 aromatic rings. The van der Waals surface area contributed by atoms with E-state index in [2.05, 4.69) is 47.1 Å². The van der Waals surface area contributed by atoms with Gasteiger partial charge >= 0.3 is 0 Å². The average Bonchev–Trinajstić information content (AvgIpc) is 3.20. The number of nitrogens with zero attached hydrogens (tertiary/aromatic N) is 3. The number of carbonyl (C=O) groups is 1. The number of para-hydroxylation sites is 1. The molecule has 2 aromatic heterocycles. The van der Waals surface area contributed by atoms with E-state index in [0.717, 1.165) is 28.3 Å². The Labute approximate surface area is 181 Å². The summed E-state index contributed by atoms with van der Waals surface area (Å²) >= 11 is 5.66. The van der Waals surface area contributed by atoms with Crippen LogP contribution in [0.5, 0.6) is 0 Å². The molecule has 0 aliphatic carbocycles. The molecule has 1 aliphatic heterocycles. The van der Waals surface area contributed by atoms with Gasteiger partial charge in [0.25, 0.3) is 0 Å². The van der Waals surface area contributed by atoms with Crippen molar-refractivity contribution in [2.24, 2.45) is 7.05 Å². The highest BCUT2D eigenvalue weighted by Crippen LogP contribution is 2.40. The summed E-state index contributed by atoms with van der Waals surface area (Å²) in [5.74, 6) is -0.109. The van der Waals surface area contributed by atoms with Gasteiger partial charge in [-0.3, -0.25) is 9.78 Å². The Morgan fingerprint density at radius 3 is 2.53 bits per heavy atom. The molecule has 1 aliphatic rings. The second-order valence-electron chi connectivity index (χ2n) is 7.55. The summed E-state index contributed by atoms with van der Waals surface area (Å²) in [7, 11) is 2.05. The maximum Gasteiger partial charge on any atom is 0.244 e. The SMILES string of the molecule is Cc1cc([C@H]2[C@@H](c3ccccn3)NC(=S)N2CC(=O)Nc2ccccc2)c(C)n1C. The number of benzene rings is 1. The fourth-order valence-corrected chi connectivity index (χ4v) is 4.28. The van der Waals surface area contributed by atoms with Crippen LogP contribution in [0.3, 0.4) is 0 Å². The van der Waals surface area contributed by atoms with Gasteiger partial charge in [-0.05, 0) is 62.0 Å². The van der Waals surface area contributed by atoms with Crippen molar-refractivity contribution >= 4 is 28.9 Å². The maximum atomic E-state index is 12.8. The van der Waals surface area contributed by atoms with Crippen LogP contribution in [0.2, 0.25) is 0 Å². The summed E-state index contributed by atoms with van der Waals surface area (Å²) in [4.78, 5) is 19.4. The van der Waals surface area contributed by atoms with E-state index in [-0.39, 0.29) is 24.5 Å². The minimum Gasteiger partial charge on any atom is -0.352 e. The van der Waals surface area contributed by atoms with Gasteiger partial charge in [-0.1, -0.05) is 24.3 Å². The van der Waals surface area contributed by atoms with Gasteiger partial charge in [-0.25, -0.2) is 0 Å². The maximum absolute atomic E-state index is 12.8. The van der Waals surface area contributed by atoms with Crippen molar-refractivity contribution in [3.05, 3.63) is 83.4 Å². The zero-order valence-corrected chi connectivity index (χ0v) is 18.1. The molecule has 1 amide bonds. The fraction of sp³-hybridized carbons (Fsp3) is 0.261. The van der Waals surface area contributed by atoms with Gasteiger partial charge in [0.15, 0.2) is 5.11 Å². The highest BCUT2D eigenvalue weighted by atomic mass is 32.1. The van der Waals surface area contributed by atoms with E-state index in [1.165, 1.54) is 0 Å². The number of amides is 1. The molecule has 3 heterocycles. The Balaban J connectivity index is 1.67. The van der Waals surface area contributed by atoms with Crippen LogP contribution in [0.25, 0.3) is 0 Å². The van der Waals surface area contributed by atoms with Crippen molar-refractivity contribution in [2.75, 3.05) is 11.9 Å². The quantitative estimate of drug-likeness (QED) is 0.618. The van der Waals surface area contributed by atoms with Crippen molar-refractivity contribution in [3.8, 4) is 0 Å². The molecular weight excluding hydrogens is 394 g/mol. The van der Waals surface area contributed by atoms with Gasteiger partial charge in [-0.2, -0.15) is 0 Å². The van der Waals surface area contributed by atoms with Crippen LogP contribution >= 0.6 is 12.2 Å². The summed E-state index contributed by atoms with van der Waals surface area (Å²) in [6.45, 7) is 4.34. The molecule has 7 heteroatoms. The van der Waals surface area contributed by atoms with Gasteiger partial charge in [0.2, 0.25) is 5.91 Å². The first-order chi connectivity index (χ1) is 14.5. The molecule has 0 bridgehead atoms. The Bertz CT molecular complexity index is 1060. The van der Waals surface area contributed by atoms with Crippen molar-refractivity contribution in [1.82, 2.24) is 19.8 Å². The van der Waals surface area contributed by atoms with Crippen LogP contribution in [0, 0.1) is 13.8 Å². The number of hydrogen-bond donors (Lipinski definition) is 2. The largest absolute Gasteiger partial charge is 0.352 e. The zero-order valence-electron chi connectivity index (χ0n) is 17.3. The van der Waals surface area contributed by atoms with E-state index in [0.29, 0.717) is 5.11 Å². The first-order valence-corrected chi connectivity index (χ1v) is 10.3. The van der Waals surface area contributed by atoms with Gasteiger partial charge in [0.05, 0.1) is 17.8 Å². The van der Waals surface area contributed by atoms with E-state index >= 15 is 0 Å². The molecule has 0 spiro atoms. The molecular formula is C23H25N5OS. The van der Waals surface area contributed by atoms with E-state index in [1.807, 2.05) is 53.4 Å². The van der Waals surface area contributed by atoms with Crippen LogP contribution in [0.4, 0.5) is 5.69 Å². The molecule has 0 saturated carbocycles. The van der Waals surface area contributed by atoms with Crippen molar-refractivity contribution in [2.45, 2.75) is 25.9 Å². The second-order valence-corrected chi connectivity index (χ2v) is 7.94. The Morgan fingerprint density at radius 1 is 1.17 bits per heavy atom. The number of nitrogens with one attached hydrogen (secondary N) is 2. The van der Waals surface area contributed by atoms with Crippen LogP contribution in [0.15, 0.2) is 60.8 Å². The molecule has 6 nitrogen and oxygen atoms in total. The Hall–Kier alpha value is -3.19. The first kappa shape index (κ1) is 20.1. The van der Waals surface area contributed by atoms with Crippen molar-refractivity contribution < 1.29 is 4.79 Å². The third-order valence-corrected chi connectivity index (χ3v) is 6.05. The lowest BCUT2D eigenvalue weighted by molar-refractivity contribution is -0.116. The number of pyridine rings is 1. The normalized spacial score (nSPS) is 18.4. The number of aromatic nitrogens is 2. The van der Waals surface area contributed by atoms with Crippen LogP contribution in [-0.2, 0) is 11.8 Å². The smallest absolute Gasteiger partial charge is 0.244 e. The second kappa shape index (κ2) is 8.28. The monoisotopic (exact) mass is 419 g/mol. The number of aryl methyl sites for hydroxylation is 1. The zero-order chi connectivity index (χ0) is 21.3. The molecule has 1 fully saturated rings. The number of anilines is 1. The van der Waals surface area contributed by atoms with E-state index < -0.39 is 0 Å². The lowest BCUT2D eigenvalue weighted by Gasteiger charge is -2.27. The summed E-state index contributed by atoms with van der Waals surface area (Å²) in [5, 5.41) is 6.91. The number of rotatable bonds is 5. The summed E-state index contributed by atoms with van der Waals surface area (Å²) in [6, 6.07) is 17.2. The topological polar surface area (TPSA) is 62.2 Å². The summed E-state index contributed by atoms with van der Waals surface area (Å²) in [6.07, 6.45) is 1.78. The highest BCUT2D eigenvalue weighted by Gasteiger charge is 2.41. The first-order valence-electron chi connectivity index (χ1n) is 9.91. The molecule has 2 N–H and O–H groups in total. The number of hydrogen-bond acceptors (Lipinski definition) is 3. The van der Waals surface area contributed by atoms with Crippen molar-refractivity contribution in [3.63, 3.8) is 0 Å². The molecule has 1 aromatic carbocycles. The van der Waals surface area contributed by atoms with Gasteiger partial charge in [-0.15, -0.1) is 0 Å². The van der Waals surface area contributed by atoms with Crippen LogP contribution in [0.1, 0.15) is 34.7 Å². The number of thiocarbonyl (C=S) groups is 1. The molecule has 1 saturated heterocycles. The van der Waals surface area contributed by atoms with E-state index in [1.54, 1.807) is 6.20 Å². The molecule has 4 rings (SSSR count). The Morgan fingerprint density at radius 2 is 1.90 bits per heavy atom. The molecule has 30 heavy (non-hydrogen) atoms. The van der Waals surface area contributed by atoms with E-state index in [9.17, 15) is 4.79 Å². The van der Waals surface area contributed by atoms with E-state index in [4.69, 9.17) is 12.2 Å². The molecule has 154 valence electrons. The fourth-order valence-electron chi connectivity index (χ4n) is 3.97. The van der Waals surface area contributed by atoms with Crippen molar-refractivity contribution in [1.29, 1.82) is 0 Å². The number of carbonyl (C=O) groups excluding carboxylic acids is 1. The standard InChI is InChI=1S/C23H25N5OS/c1-15-13-18(16(2)27(15)3)22-21(19-11-7-8-12-24-19)26-23(30)28(22)14-20(29)25-17-9-5-4-6-10-17/h4-13,21-22H,14H2,1-3H3,(H,25,29)(H,26,30)/t21-,22+/m1/s1. The van der Waals surface area contributed by atoms with Crippen LogP contribution in [-0.4, -0.2) is 32.0 Å². The molecule has 0 unspecified atom stereocenters. The Kier molecular flexibility index (Phi) is 5.55. The van der Waals surface area contributed by atoms with Gasteiger partial charge in [0, 0.05) is 30.3 Å². The lowest BCUT2D eigenvalue weighted by atomic mass is 9.97. The third kappa shape index (κ3) is 3.80. The minimum atomic E-state index is -0.135. The highest BCUT2D eigenvalue weighted by molar-refractivity contribution is 7.80. The predicted octanol–water partition coefficient (Wildman–Crippen LogP) is 3.65.